The van der Waals surface area contributed by atoms with Crippen molar-refractivity contribution in [1.82, 2.24) is 0 Å². The van der Waals surface area contributed by atoms with Crippen molar-refractivity contribution in [3.05, 3.63) is 58.7 Å². The molecular formula is C18H21N3O4. The first-order chi connectivity index (χ1) is 11.6. The lowest BCUT2D eigenvalue weighted by Gasteiger charge is -2.02. The molecule has 0 fully saturated rings. The van der Waals surface area contributed by atoms with Gasteiger partial charge in [-0.25, -0.2) is 9.79 Å². The average molecular weight is 343 g/mol. The van der Waals surface area contributed by atoms with E-state index in [1.807, 2.05) is 25.1 Å². The van der Waals surface area contributed by atoms with Crippen LogP contribution in [0.15, 0.2) is 41.4 Å². The first kappa shape index (κ1) is 19.7. The minimum atomic E-state index is -1.25. The smallest absolute Gasteiger partial charge is 0.339 e. The number of phenols is 1. The molecule has 0 spiro atoms. The van der Waals surface area contributed by atoms with Gasteiger partial charge in [0.15, 0.2) is 11.7 Å². The molecule has 0 aliphatic carbocycles. The number of Topliss-reactive ketones (excluding diaryl/α,β-unsaturated/α-hetero) is 1. The molecule has 0 amide bonds. The number of guanidine groups is 1. The molecule has 2 aromatic rings. The minimum absolute atomic E-state index is 0.0277. The van der Waals surface area contributed by atoms with Gasteiger partial charge >= 0.3 is 5.97 Å². The summed E-state index contributed by atoms with van der Waals surface area (Å²) in [6, 6.07) is 9.88. The van der Waals surface area contributed by atoms with Crippen LogP contribution < -0.4 is 11.5 Å². The third-order valence-corrected chi connectivity index (χ3v) is 3.39. The number of para-hydroxylation sites is 1. The molecule has 0 aliphatic rings. The summed E-state index contributed by atoms with van der Waals surface area (Å²) in [4.78, 5) is 25.3. The van der Waals surface area contributed by atoms with Gasteiger partial charge in [0.25, 0.3) is 0 Å². The Morgan fingerprint density at radius 3 is 2.08 bits per heavy atom. The number of aryl methyl sites for hydroxylation is 2. The summed E-state index contributed by atoms with van der Waals surface area (Å²) in [5, 5.41) is 17.9. The normalized spacial score (nSPS) is 9.56. The maximum Gasteiger partial charge on any atom is 0.339 e. The molecule has 0 radical (unpaired) electrons. The van der Waals surface area contributed by atoms with Crippen molar-refractivity contribution in [2.75, 3.05) is 0 Å². The number of nitrogens with two attached hydrogens (primary N) is 2. The van der Waals surface area contributed by atoms with Gasteiger partial charge in [0.05, 0.1) is 11.3 Å². The zero-order valence-corrected chi connectivity index (χ0v) is 14.3. The number of carboxylic acids is 1. The molecule has 0 saturated heterocycles. The van der Waals surface area contributed by atoms with Crippen LogP contribution in [0.1, 0.15) is 38.8 Å². The number of carbonyl (C=O) groups excluding carboxylic acids is 1. The second-order valence-corrected chi connectivity index (χ2v) is 5.37. The molecule has 0 heterocycles. The Bertz CT molecular complexity index is 793. The third-order valence-electron chi connectivity index (χ3n) is 3.39. The molecule has 132 valence electrons. The molecule has 0 bridgehead atoms. The van der Waals surface area contributed by atoms with E-state index in [4.69, 9.17) is 16.6 Å². The summed E-state index contributed by atoms with van der Waals surface area (Å²) < 4.78 is 0. The van der Waals surface area contributed by atoms with E-state index < -0.39 is 11.7 Å². The number of nitrogens with zero attached hydrogens (tertiary/aromatic N) is 1. The number of hydrogen-bond donors (Lipinski definition) is 4. The predicted octanol–water partition coefficient (Wildman–Crippen LogP) is 2.50. The van der Waals surface area contributed by atoms with Crippen LogP contribution in [0, 0.1) is 13.8 Å². The SMILES string of the molecule is CC(=O)c1cccc(C(=O)O)c1O.Cc1ccc(N=C(N)N)cc1C. The van der Waals surface area contributed by atoms with Gasteiger partial charge in [-0.1, -0.05) is 12.1 Å². The fraction of sp³-hybridized carbons (Fsp3) is 0.167. The highest BCUT2D eigenvalue weighted by atomic mass is 16.4. The summed E-state index contributed by atoms with van der Waals surface area (Å²) >= 11 is 0. The van der Waals surface area contributed by atoms with Crippen LogP contribution in [0.2, 0.25) is 0 Å². The molecule has 6 N–H and O–H groups in total. The number of rotatable bonds is 3. The highest BCUT2D eigenvalue weighted by Gasteiger charge is 2.14. The molecule has 25 heavy (non-hydrogen) atoms. The van der Waals surface area contributed by atoms with Gasteiger partial charge in [-0.3, -0.25) is 4.79 Å². The minimum Gasteiger partial charge on any atom is -0.506 e. The molecule has 0 saturated carbocycles. The van der Waals surface area contributed by atoms with Crippen LogP contribution in [0.3, 0.4) is 0 Å². The summed E-state index contributed by atoms with van der Waals surface area (Å²) in [6.07, 6.45) is 0. The van der Waals surface area contributed by atoms with E-state index in [9.17, 15) is 14.7 Å². The maximum atomic E-state index is 10.9. The number of carbonyl (C=O) groups is 2. The molecule has 0 aliphatic heterocycles. The number of ketones is 1. The molecule has 7 heteroatoms. The highest BCUT2D eigenvalue weighted by molar-refractivity contribution is 6.01. The Balaban J connectivity index is 0.000000251. The number of aromatic carboxylic acids is 1. The lowest BCUT2D eigenvalue weighted by molar-refractivity contribution is 0.0693. The van der Waals surface area contributed by atoms with E-state index in [-0.39, 0.29) is 22.9 Å². The fourth-order valence-corrected chi connectivity index (χ4v) is 1.94. The standard InChI is InChI=1S/C9H13N3.C9H8O4/c1-6-3-4-8(5-7(6)2)12-9(10)11;1-5(10)6-3-2-4-7(8(6)11)9(12)13/h3-5H,1-2H3,(H4,10,11,12);2-4,11H,1H3,(H,12,13). The largest absolute Gasteiger partial charge is 0.506 e. The first-order valence-corrected chi connectivity index (χ1v) is 7.36. The van der Waals surface area contributed by atoms with Gasteiger partial charge < -0.3 is 21.7 Å². The van der Waals surface area contributed by atoms with E-state index in [0.29, 0.717) is 0 Å². The maximum absolute atomic E-state index is 10.9. The molecule has 2 rings (SSSR count). The van der Waals surface area contributed by atoms with Crippen molar-refractivity contribution < 1.29 is 19.8 Å². The number of aliphatic imine (C=N–C) groups is 1. The molecule has 0 atom stereocenters. The van der Waals surface area contributed by atoms with E-state index in [2.05, 4.69) is 11.9 Å². The van der Waals surface area contributed by atoms with Crippen LogP contribution in [0.5, 0.6) is 5.75 Å². The lowest BCUT2D eigenvalue weighted by Crippen LogP contribution is -2.21. The quantitative estimate of drug-likeness (QED) is 0.383. The van der Waals surface area contributed by atoms with Crippen molar-refractivity contribution in [2.24, 2.45) is 16.5 Å². The second-order valence-electron chi connectivity index (χ2n) is 5.37. The van der Waals surface area contributed by atoms with Crippen LogP contribution >= 0.6 is 0 Å². The van der Waals surface area contributed by atoms with Crippen molar-refractivity contribution in [1.29, 1.82) is 0 Å². The van der Waals surface area contributed by atoms with E-state index in [1.165, 1.54) is 36.2 Å². The highest BCUT2D eigenvalue weighted by Crippen LogP contribution is 2.22. The van der Waals surface area contributed by atoms with Crippen molar-refractivity contribution >= 4 is 23.4 Å². The number of carboxylic acid groups (broad SMARTS) is 1. The predicted molar refractivity (Wildman–Crippen MR) is 96.5 cm³/mol. The summed E-state index contributed by atoms with van der Waals surface area (Å²) in [5.41, 5.74) is 13.5. The van der Waals surface area contributed by atoms with Crippen molar-refractivity contribution in [2.45, 2.75) is 20.8 Å². The Labute approximate surface area is 145 Å². The monoisotopic (exact) mass is 343 g/mol. The van der Waals surface area contributed by atoms with Gasteiger partial charge in [-0.15, -0.1) is 0 Å². The third kappa shape index (κ3) is 5.65. The van der Waals surface area contributed by atoms with E-state index in [1.54, 1.807) is 0 Å². The summed E-state index contributed by atoms with van der Waals surface area (Å²) in [5.74, 6) is -1.98. The van der Waals surface area contributed by atoms with E-state index in [0.717, 1.165) is 5.69 Å². The van der Waals surface area contributed by atoms with Crippen LogP contribution in [-0.4, -0.2) is 27.9 Å². The number of aromatic hydroxyl groups is 1. The molecule has 2 aromatic carbocycles. The zero-order chi connectivity index (χ0) is 19.1. The summed E-state index contributed by atoms with van der Waals surface area (Å²) in [7, 11) is 0. The van der Waals surface area contributed by atoms with E-state index >= 15 is 0 Å². The average Bonchev–Trinajstić information content (AvgIpc) is 2.50. The topological polar surface area (TPSA) is 139 Å². The zero-order valence-electron chi connectivity index (χ0n) is 14.3. The van der Waals surface area contributed by atoms with Gasteiger partial charge in [0.1, 0.15) is 11.3 Å². The Morgan fingerprint density at radius 1 is 1.00 bits per heavy atom. The molecule has 0 unspecified atom stereocenters. The van der Waals surface area contributed by atoms with Crippen molar-refractivity contribution in [3.8, 4) is 5.75 Å². The second kappa shape index (κ2) is 8.49. The van der Waals surface area contributed by atoms with Gasteiger partial charge in [-0.2, -0.15) is 0 Å². The van der Waals surface area contributed by atoms with Crippen LogP contribution in [-0.2, 0) is 0 Å². The van der Waals surface area contributed by atoms with Gasteiger partial charge in [-0.05, 0) is 56.2 Å². The van der Waals surface area contributed by atoms with Crippen molar-refractivity contribution in [3.63, 3.8) is 0 Å². The van der Waals surface area contributed by atoms with Gasteiger partial charge in [0.2, 0.25) is 0 Å². The molecule has 7 nitrogen and oxygen atoms in total. The van der Waals surface area contributed by atoms with Crippen LogP contribution in [0.25, 0.3) is 0 Å². The van der Waals surface area contributed by atoms with Gasteiger partial charge in [0, 0.05) is 0 Å². The fourth-order valence-electron chi connectivity index (χ4n) is 1.94. The first-order valence-electron chi connectivity index (χ1n) is 7.36. The Kier molecular flexibility index (Phi) is 6.69. The molecule has 0 aromatic heterocycles. The Hall–Kier alpha value is -3.35. The number of hydrogen-bond acceptors (Lipinski definition) is 4. The summed E-state index contributed by atoms with van der Waals surface area (Å²) in [6.45, 7) is 5.34. The van der Waals surface area contributed by atoms with Crippen LogP contribution in [0.4, 0.5) is 5.69 Å². The molecular weight excluding hydrogens is 322 g/mol. The Morgan fingerprint density at radius 2 is 1.60 bits per heavy atom. The lowest BCUT2D eigenvalue weighted by atomic mass is 10.1. The number of benzene rings is 2.